The van der Waals surface area contributed by atoms with E-state index < -0.39 is 0 Å². The standard InChI is InChI=1S/C20H27N3OS/c1-12-7-8-14(9-16(12)21)19(24)22-17-10-15(20(3,4)5)11-18(13(17)2)23-25-6/h7-11,23H,21H2,1-6H3,(H,22,24). The van der Waals surface area contributed by atoms with Crippen molar-refractivity contribution in [3.63, 3.8) is 0 Å². The Kier molecular flexibility index (Phi) is 5.68. The van der Waals surface area contributed by atoms with Crippen LogP contribution in [0.2, 0.25) is 0 Å². The van der Waals surface area contributed by atoms with Crippen LogP contribution < -0.4 is 15.8 Å². The van der Waals surface area contributed by atoms with Gasteiger partial charge in [-0.05, 0) is 60.2 Å². The number of nitrogens with one attached hydrogen (secondary N) is 2. The molecule has 0 radical (unpaired) electrons. The lowest BCUT2D eigenvalue weighted by atomic mass is 9.85. The van der Waals surface area contributed by atoms with Gasteiger partial charge >= 0.3 is 0 Å². The predicted molar refractivity (Wildman–Crippen MR) is 111 cm³/mol. The molecule has 0 spiro atoms. The SMILES string of the molecule is CSNc1cc(C(C)(C)C)cc(NC(=O)c2ccc(C)c(N)c2)c1C. The molecule has 4 N–H and O–H groups in total. The number of benzene rings is 2. The fourth-order valence-electron chi connectivity index (χ4n) is 2.47. The Morgan fingerprint density at radius 2 is 1.72 bits per heavy atom. The fourth-order valence-corrected chi connectivity index (χ4v) is 2.90. The second-order valence-electron chi connectivity index (χ2n) is 7.28. The Bertz CT molecular complexity index is 794. The second kappa shape index (κ2) is 7.40. The van der Waals surface area contributed by atoms with Crippen molar-refractivity contribution in [2.24, 2.45) is 0 Å². The van der Waals surface area contributed by atoms with E-state index in [1.807, 2.05) is 26.2 Å². The van der Waals surface area contributed by atoms with Crippen LogP contribution in [-0.4, -0.2) is 12.2 Å². The summed E-state index contributed by atoms with van der Waals surface area (Å²) < 4.78 is 3.30. The van der Waals surface area contributed by atoms with Crippen molar-refractivity contribution >= 4 is 34.9 Å². The highest BCUT2D eigenvalue weighted by Crippen LogP contribution is 2.33. The van der Waals surface area contributed by atoms with Crippen LogP contribution in [-0.2, 0) is 5.41 Å². The monoisotopic (exact) mass is 357 g/mol. The summed E-state index contributed by atoms with van der Waals surface area (Å²) in [5.74, 6) is -0.157. The summed E-state index contributed by atoms with van der Waals surface area (Å²) in [4.78, 5) is 12.7. The zero-order chi connectivity index (χ0) is 18.8. The van der Waals surface area contributed by atoms with Gasteiger partial charge in [-0.3, -0.25) is 4.79 Å². The molecule has 0 saturated heterocycles. The highest BCUT2D eigenvalue weighted by atomic mass is 32.2. The lowest BCUT2D eigenvalue weighted by Gasteiger charge is -2.23. The maximum atomic E-state index is 12.7. The molecule has 4 nitrogen and oxygen atoms in total. The first-order valence-electron chi connectivity index (χ1n) is 8.25. The molecule has 0 heterocycles. The summed E-state index contributed by atoms with van der Waals surface area (Å²) >= 11 is 1.54. The van der Waals surface area contributed by atoms with Crippen molar-refractivity contribution < 1.29 is 4.79 Å². The van der Waals surface area contributed by atoms with E-state index in [0.717, 1.165) is 28.1 Å². The minimum Gasteiger partial charge on any atom is -0.398 e. The molecule has 134 valence electrons. The fraction of sp³-hybridized carbons (Fsp3) is 0.350. The van der Waals surface area contributed by atoms with Gasteiger partial charge in [-0.1, -0.05) is 38.8 Å². The number of nitrogen functional groups attached to an aromatic ring is 1. The smallest absolute Gasteiger partial charge is 0.255 e. The Balaban J connectivity index is 2.41. The van der Waals surface area contributed by atoms with Gasteiger partial charge in [0.2, 0.25) is 0 Å². The first-order chi connectivity index (χ1) is 11.6. The van der Waals surface area contributed by atoms with E-state index in [2.05, 4.69) is 42.9 Å². The summed E-state index contributed by atoms with van der Waals surface area (Å²) in [6, 6.07) is 9.57. The highest BCUT2D eigenvalue weighted by Gasteiger charge is 2.19. The molecule has 0 bridgehead atoms. The van der Waals surface area contributed by atoms with Crippen molar-refractivity contribution in [1.29, 1.82) is 0 Å². The summed E-state index contributed by atoms with van der Waals surface area (Å²) in [6.45, 7) is 10.4. The van der Waals surface area contributed by atoms with Gasteiger partial charge in [0, 0.05) is 28.9 Å². The lowest BCUT2D eigenvalue weighted by Crippen LogP contribution is -2.17. The Morgan fingerprint density at radius 3 is 2.28 bits per heavy atom. The van der Waals surface area contributed by atoms with Gasteiger partial charge in [0.1, 0.15) is 0 Å². The van der Waals surface area contributed by atoms with Gasteiger partial charge < -0.3 is 15.8 Å². The number of hydrogen-bond donors (Lipinski definition) is 3. The van der Waals surface area contributed by atoms with E-state index >= 15 is 0 Å². The third kappa shape index (κ3) is 4.48. The third-order valence-electron chi connectivity index (χ3n) is 4.28. The summed E-state index contributed by atoms with van der Waals surface area (Å²) in [5.41, 5.74) is 12.1. The van der Waals surface area contributed by atoms with Crippen molar-refractivity contribution in [1.82, 2.24) is 0 Å². The van der Waals surface area contributed by atoms with Crippen LogP contribution in [0.3, 0.4) is 0 Å². The zero-order valence-electron chi connectivity index (χ0n) is 15.8. The molecule has 0 aliphatic carbocycles. The van der Waals surface area contributed by atoms with E-state index in [0.29, 0.717) is 11.3 Å². The molecule has 0 atom stereocenters. The summed E-state index contributed by atoms with van der Waals surface area (Å²) in [6.07, 6.45) is 1.98. The van der Waals surface area contributed by atoms with Gasteiger partial charge in [-0.15, -0.1) is 0 Å². The number of amides is 1. The quantitative estimate of drug-likeness (QED) is 0.524. The van der Waals surface area contributed by atoms with Crippen molar-refractivity contribution in [2.75, 3.05) is 22.0 Å². The molecule has 0 fully saturated rings. The Labute approximate surface area is 154 Å². The van der Waals surface area contributed by atoms with Gasteiger partial charge in [0.05, 0.1) is 0 Å². The van der Waals surface area contributed by atoms with Crippen LogP contribution in [0.15, 0.2) is 30.3 Å². The van der Waals surface area contributed by atoms with E-state index in [1.54, 1.807) is 12.1 Å². The molecular formula is C20H27N3OS. The molecule has 2 rings (SSSR count). The van der Waals surface area contributed by atoms with E-state index in [-0.39, 0.29) is 11.3 Å². The van der Waals surface area contributed by atoms with Crippen molar-refractivity contribution in [3.8, 4) is 0 Å². The Morgan fingerprint density at radius 1 is 1.08 bits per heavy atom. The van der Waals surface area contributed by atoms with Crippen molar-refractivity contribution in [3.05, 3.63) is 52.6 Å². The van der Waals surface area contributed by atoms with Gasteiger partial charge in [0.25, 0.3) is 5.91 Å². The van der Waals surface area contributed by atoms with Gasteiger partial charge in [0.15, 0.2) is 0 Å². The molecule has 2 aromatic carbocycles. The molecule has 5 heteroatoms. The maximum Gasteiger partial charge on any atom is 0.255 e. The number of nitrogens with two attached hydrogens (primary N) is 1. The Hall–Kier alpha value is -2.14. The molecule has 1 amide bonds. The normalized spacial score (nSPS) is 11.3. The third-order valence-corrected chi connectivity index (χ3v) is 4.70. The van der Waals surface area contributed by atoms with Crippen molar-refractivity contribution in [2.45, 2.75) is 40.0 Å². The van der Waals surface area contributed by atoms with Crippen LogP contribution in [0.25, 0.3) is 0 Å². The average molecular weight is 358 g/mol. The number of aryl methyl sites for hydroxylation is 1. The van der Waals surface area contributed by atoms with Crippen LogP contribution in [0.5, 0.6) is 0 Å². The summed E-state index contributed by atoms with van der Waals surface area (Å²) in [5, 5.41) is 3.04. The molecule has 0 saturated carbocycles. The largest absolute Gasteiger partial charge is 0.398 e. The van der Waals surface area contributed by atoms with Crippen LogP contribution in [0, 0.1) is 13.8 Å². The number of carbonyl (C=O) groups excluding carboxylic acids is 1. The number of carbonyl (C=O) groups is 1. The average Bonchev–Trinajstić information content (AvgIpc) is 2.52. The topological polar surface area (TPSA) is 67.1 Å². The minimum absolute atomic E-state index is 0.0176. The molecule has 0 unspecified atom stereocenters. The number of hydrogen-bond acceptors (Lipinski definition) is 4. The van der Waals surface area contributed by atoms with Gasteiger partial charge in [-0.25, -0.2) is 0 Å². The number of rotatable bonds is 4. The highest BCUT2D eigenvalue weighted by molar-refractivity contribution is 7.99. The molecular weight excluding hydrogens is 330 g/mol. The van der Waals surface area contributed by atoms with E-state index in [4.69, 9.17) is 5.73 Å². The van der Waals surface area contributed by atoms with E-state index in [1.165, 1.54) is 11.9 Å². The van der Waals surface area contributed by atoms with Gasteiger partial charge in [-0.2, -0.15) is 0 Å². The van der Waals surface area contributed by atoms with E-state index in [9.17, 15) is 4.79 Å². The first-order valence-corrected chi connectivity index (χ1v) is 9.47. The first kappa shape index (κ1) is 19.2. The molecule has 2 aromatic rings. The maximum absolute atomic E-state index is 12.7. The number of anilines is 3. The summed E-state index contributed by atoms with van der Waals surface area (Å²) in [7, 11) is 0. The molecule has 0 aliphatic rings. The lowest BCUT2D eigenvalue weighted by molar-refractivity contribution is 0.102. The van der Waals surface area contributed by atoms with Crippen LogP contribution in [0.1, 0.15) is 47.8 Å². The minimum atomic E-state index is -0.157. The molecule has 0 aliphatic heterocycles. The second-order valence-corrected chi connectivity index (χ2v) is 7.89. The molecule has 0 aromatic heterocycles. The van der Waals surface area contributed by atoms with Crippen LogP contribution >= 0.6 is 11.9 Å². The predicted octanol–water partition coefficient (Wildman–Crippen LogP) is 5.13. The zero-order valence-corrected chi connectivity index (χ0v) is 16.6. The van der Waals surface area contributed by atoms with Crippen LogP contribution in [0.4, 0.5) is 17.1 Å². The molecule has 25 heavy (non-hydrogen) atoms.